The summed E-state index contributed by atoms with van der Waals surface area (Å²) < 4.78 is 18.9. The molecule has 4 rings (SSSR count). The third kappa shape index (κ3) is 3.81. The molecule has 0 saturated carbocycles. The van der Waals surface area contributed by atoms with E-state index in [4.69, 9.17) is 14.2 Å². The van der Waals surface area contributed by atoms with Crippen molar-refractivity contribution in [1.82, 2.24) is 4.57 Å². The molecule has 8 heteroatoms. The van der Waals surface area contributed by atoms with Crippen molar-refractivity contribution in [3.63, 3.8) is 0 Å². The van der Waals surface area contributed by atoms with E-state index in [-0.39, 0.29) is 24.3 Å². The van der Waals surface area contributed by atoms with Gasteiger partial charge in [0.2, 0.25) is 0 Å². The number of hydrogen-bond acceptors (Lipinski definition) is 6. The Hall–Kier alpha value is -2.84. The number of aliphatic hydroxyl groups is 1. The van der Waals surface area contributed by atoms with Crippen molar-refractivity contribution in [3.05, 3.63) is 45.7 Å². The molecule has 8 nitrogen and oxygen atoms in total. The third-order valence-corrected chi connectivity index (χ3v) is 6.22. The summed E-state index contributed by atoms with van der Waals surface area (Å²) in [5.41, 5.74) is 0.914. The van der Waals surface area contributed by atoms with Crippen molar-refractivity contribution in [1.29, 1.82) is 0 Å². The van der Waals surface area contributed by atoms with E-state index in [9.17, 15) is 19.8 Å². The Bertz CT molecular complexity index is 1070. The number of aliphatic hydroxyl groups excluding tert-OH is 1. The van der Waals surface area contributed by atoms with Crippen LogP contribution in [0.1, 0.15) is 42.2 Å². The van der Waals surface area contributed by atoms with E-state index in [1.165, 1.54) is 12.3 Å². The Morgan fingerprint density at radius 2 is 2.06 bits per heavy atom. The van der Waals surface area contributed by atoms with Crippen molar-refractivity contribution in [2.24, 2.45) is 5.41 Å². The zero-order valence-electron chi connectivity index (χ0n) is 17.9. The van der Waals surface area contributed by atoms with E-state index >= 15 is 0 Å². The first-order valence-corrected chi connectivity index (χ1v) is 10.3. The second-order valence-electron chi connectivity index (χ2n) is 8.78. The molecular weight excluding hydrogens is 402 g/mol. The van der Waals surface area contributed by atoms with E-state index < -0.39 is 16.8 Å². The highest BCUT2D eigenvalue weighted by Gasteiger charge is 2.37. The number of aromatic carboxylic acids is 1. The fraction of sp³-hybridized carbons (Fsp3) is 0.478. The number of carboxylic acid groups (broad SMARTS) is 1. The van der Waals surface area contributed by atoms with Gasteiger partial charge in [-0.2, -0.15) is 0 Å². The second kappa shape index (κ2) is 8.01. The predicted molar refractivity (Wildman–Crippen MR) is 113 cm³/mol. The summed E-state index contributed by atoms with van der Waals surface area (Å²) in [6.45, 7) is 4.92. The lowest BCUT2D eigenvalue weighted by Gasteiger charge is -2.40. The zero-order valence-corrected chi connectivity index (χ0v) is 17.9. The van der Waals surface area contributed by atoms with Crippen LogP contribution in [0.25, 0.3) is 11.3 Å². The van der Waals surface area contributed by atoms with Crippen LogP contribution in [-0.2, 0) is 11.2 Å². The van der Waals surface area contributed by atoms with E-state index in [2.05, 4.69) is 0 Å². The number of hydrogen-bond donors (Lipinski definition) is 2. The molecule has 2 aromatic rings. The SMILES string of the molecule is COc1cc2c(cc1O[C@@H]1CCOC1)C[C@@H](C(C)(C)CO)n1cc(C(=O)O)c(=O)cc1-2. The molecule has 2 aliphatic rings. The Kier molecular flexibility index (Phi) is 5.53. The fourth-order valence-electron chi connectivity index (χ4n) is 4.30. The van der Waals surface area contributed by atoms with Crippen LogP contribution in [0.2, 0.25) is 0 Å². The number of ether oxygens (including phenoxy) is 3. The van der Waals surface area contributed by atoms with E-state index in [1.54, 1.807) is 11.7 Å². The number of nitrogens with zero attached hydrogens (tertiary/aromatic N) is 1. The van der Waals surface area contributed by atoms with Crippen molar-refractivity contribution < 1.29 is 29.2 Å². The molecule has 0 spiro atoms. The van der Waals surface area contributed by atoms with Crippen molar-refractivity contribution in [2.45, 2.75) is 38.8 Å². The number of carboxylic acids is 1. The number of benzene rings is 1. The molecule has 3 heterocycles. The van der Waals surface area contributed by atoms with Crippen LogP contribution in [0.4, 0.5) is 0 Å². The molecule has 31 heavy (non-hydrogen) atoms. The second-order valence-corrected chi connectivity index (χ2v) is 8.78. The molecule has 1 saturated heterocycles. The molecule has 1 aromatic heterocycles. The number of methoxy groups -OCH3 is 1. The minimum absolute atomic E-state index is 0.0479. The van der Waals surface area contributed by atoms with Gasteiger partial charge in [-0.1, -0.05) is 13.8 Å². The number of carbonyl (C=O) groups is 1. The molecule has 0 aliphatic carbocycles. The van der Waals surface area contributed by atoms with Gasteiger partial charge < -0.3 is 29.0 Å². The fourth-order valence-corrected chi connectivity index (χ4v) is 4.30. The van der Waals surface area contributed by atoms with Crippen LogP contribution in [0.3, 0.4) is 0 Å². The molecule has 0 unspecified atom stereocenters. The van der Waals surface area contributed by atoms with Crippen LogP contribution < -0.4 is 14.9 Å². The lowest BCUT2D eigenvalue weighted by molar-refractivity contribution is 0.0691. The molecule has 0 radical (unpaired) electrons. The van der Waals surface area contributed by atoms with Gasteiger partial charge in [-0.25, -0.2) is 4.79 Å². The Morgan fingerprint density at radius 3 is 2.68 bits per heavy atom. The smallest absolute Gasteiger partial charge is 0.341 e. The summed E-state index contributed by atoms with van der Waals surface area (Å²) in [5, 5.41) is 19.5. The molecule has 2 N–H and O–H groups in total. The van der Waals surface area contributed by atoms with Gasteiger partial charge in [-0.3, -0.25) is 4.79 Å². The van der Waals surface area contributed by atoms with Gasteiger partial charge in [0.05, 0.1) is 32.6 Å². The molecule has 1 aromatic carbocycles. The van der Waals surface area contributed by atoms with Crippen LogP contribution in [0.15, 0.2) is 29.2 Å². The predicted octanol–water partition coefficient (Wildman–Crippen LogP) is 2.51. The summed E-state index contributed by atoms with van der Waals surface area (Å²) >= 11 is 0. The first-order valence-electron chi connectivity index (χ1n) is 10.3. The van der Waals surface area contributed by atoms with Crippen LogP contribution in [0, 0.1) is 5.41 Å². The first-order chi connectivity index (χ1) is 14.7. The van der Waals surface area contributed by atoms with Gasteiger partial charge in [-0.05, 0) is 24.1 Å². The molecule has 0 bridgehead atoms. The molecule has 1 fully saturated rings. The maximum atomic E-state index is 12.5. The average molecular weight is 429 g/mol. The number of rotatable bonds is 6. The van der Waals surface area contributed by atoms with Gasteiger partial charge >= 0.3 is 5.97 Å². The average Bonchev–Trinajstić information content (AvgIpc) is 3.25. The highest BCUT2D eigenvalue weighted by atomic mass is 16.6. The number of aromatic nitrogens is 1. The van der Waals surface area contributed by atoms with Gasteiger partial charge in [-0.15, -0.1) is 0 Å². The standard InChI is InChI=1S/C23H27NO7/c1-23(2,12-25)21-7-13-6-20(31-14-4-5-30-11-14)19(29-3)8-15(13)17-9-18(26)16(22(27)28)10-24(17)21/h6,8-10,14,21,25H,4-5,7,11-12H2,1-3H3,(H,27,28)/t14-,21+/m1/s1. The number of fused-ring (bicyclic) bond motifs is 3. The summed E-state index contributed by atoms with van der Waals surface area (Å²) in [7, 11) is 1.56. The van der Waals surface area contributed by atoms with E-state index in [1.807, 2.05) is 26.0 Å². The largest absolute Gasteiger partial charge is 0.493 e. The molecule has 2 aliphatic heterocycles. The Balaban J connectivity index is 1.89. The van der Waals surface area contributed by atoms with Gasteiger partial charge in [0.1, 0.15) is 11.7 Å². The summed E-state index contributed by atoms with van der Waals surface area (Å²) in [5.74, 6) is -0.131. The summed E-state index contributed by atoms with van der Waals surface area (Å²) in [6, 6.07) is 4.85. The number of pyridine rings is 1. The van der Waals surface area contributed by atoms with E-state index in [0.717, 1.165) is 17.5 Å². The quantitative estimate of drug-likeness (QED) is 0.726. The van der Waals surface area contributed by atoms with Gasteiger partial charge in [0.25, 0.3) is 0 Å². The van der Waals surface area contributed by atoms with Crippen LogP contribution in [0.5, 0.6) is 11.5 Å². The van der Waals surface area contributed by atoms with Crippen LogP contribution >= 0.6 is 0 Å². The minimum atomic E-state index is -1.27. The monoisotopic (exact) mass is 429 g/mol. The molecule has 166 valence electrons. The Morgan fingerprint density at radius 1 is 1.29 bits per heavy atom. The van der Waals surface area contributed by atoms with Crippen molar-refractivity contribution in [2.75, 3.05) is 26.9 Å². The van der Waals surface area contributed by atoms with E-state index in [0.29, 0.717) is 36.8 Å². The zero-order chi connectivity index (χ0) is 22.3. The maximum Gasteiger partial charge on any atom is 0.341 e. The molecule has 0 amide bonds. The highest BCUT2D eigenvalue weighted by Crippen LogP contribution is 2.46. The van der Waals surface area contributed by atoms with Gasteiger partial charge in [0, 0.05) is 35.7 Å². The third-order valence-electron chi connectivity index (χ3n) is 6.22. The molecular formula is C23H27NO7. The lowest BCUT2D eigenvalue weighted by Crippen LogP contribution is -2.36. The molecule has 2 atom stereocenters. The van der Waals surface area contributed by atoms with Crippen molar-refractivity contribution >= 4 is 5.97 Å². The summed E-state index contributed by atoms with van der Waals surface area (Å²) in [6.07, 6.45) is 2.68. The lowest BCUT2D eigenvalue weighted by atomic mass is 9.78. The minimum Gasteiger partial charge on any atom is -0.493 e. The summed E-state index contributed by atoms with van der Waals surface area (Å²) in [4.78, 5) is 24.1. The highest BCUT2D eigenvalue weighted by molar-refractivity contribution is 5.88. The first kappa shape index (κ1) is 21.4. The van der Waals surface area contributed by atoms with Gasteiger partial charge in [0.15, 0.2) is 16.9 Å². The topological polar surface area (TPSA) is 107 Å². The van der Waals surface area contributed by atoms with Crippen molar-refractivity contribution in [3.8, 4) is 22.8 Å². The normalized spacial score (nSPS) is 20.1. The Labute approximate surface area is 180 Å². The maximum absolute atomic E-state index is 12.5. The van der Waals surface area contributed by atoms with Crippen LogP contribution in [-0.4, -0.2) is 53.8 Å².